The van der Waals surface area contributed by atoms with E-state index < -0.39 is 10.0 Å². The number of ether oxygens (including phenoxy) is 1. The van der Waals surface area contributed by atoms with Gasteiger partial charge in [0.25, 0.3) is 5.91 Å². The van der Waals surface area contributed by atoms with Crippen molar-refractivity contribution in [1.82, 2.24) is 13.8 Å². The summed E-state index contributed by atoms with van der Waals surface area (Å²) < 4.78 is 34.0. The Labute approximate surface area is 171 Å². The van der Waals surface area contributed by atoms with Crippen LogP contribution in [0.2, 0.25) is 0 Å². The smallest absolute Gasteiger partial charge is 0.270 e. The van der Waals surface area contributed by atoms with Crippen molar-refractivity contribution in [2.24, 2.45) is 7.05 Å². The topological polar surface area (TPSA) is 75.1 Å². The first kappa shape index (κ1) is 19.9. The Balaban J connectivity index is 1.46. The molecule has 1 aromatic carbocycles. The third-order valence-corrected chi connectivity index (χ3v) is 7.36. The highest BCUT2D eigenvalue weighted by atomic mass is 32.2. The molecule has 29 heavy (non-hydrogen) atoms. The number of benzene rings is 1. The van der Waals surface area contributed by atoms with Gasteiger partial charge in [-0.05, 0) is 18.2 Å². The van der Waals surface area contributed by atoms with E-state index in [0.29, 0.717) is 45.1 Å². The molecule has 4 rings (SSSR count). The van der Waals surface area contributed by atoms with Crippen molar-refractivity contribution in [2.75, 3.05) is 57.4 Å². The zero-order chi connectivity index (χ0) is 20.4. The summed E-state index contributed by atoms with van der Waals surface area (Å²) in [4.78, 5) is 17.2. The standard InChI is InChI=1S/C20H26N4O4S/c1-21-16-18(29(26,27)24-11-13-28-14-12-24)15-19(21)20(25)23-9-7-22(8-10-23)17-5-3-2-4-6-17/h2-6,15-16H,7-14H2,1H3. The quantitative estimate of drug-likeness (QED) is 0.741. The van der Waals surface area contributed by atoms with Crippen LogP contribution < -0.4 is 4.90 Å². The number of para-hydroxylation sites is 1. The van der Waals surface area contributed by atoms with Gasteiger partial charge in [0.05, 0.1) is 13.2 Å². The summed E-state index contributed by atoms with van der Waals surface area (Å²) in [5.41, 5.74) is 1.54. The minimum atomic E-state index is -3.62. The van der Waals surface area contributed by atoms with E-state index in [1.165, 1.54) is 16.6 Å². The predicted octanol–water partition coefficient (Wildman–Crippen LogP) is 1.01. The lowest BCUT2D eigenvalue weighted by Crippen LogP contribution is -2.49. The van der Waals surface area contributed by atoms with E-state index in [1.54, 1.807) is 16.5 Å². The Morgan fingerprint density at radius 1 is 0.966 bits per heavy atom. The summed E-state index contributed by atoms with van der Waals surface area (Å²) in [6, 6.07) is 11.6. The molecule has 0 atom stereocenters. The van der Waals surface area contributed by atoms with Crippen molar-refractivity contribution in [2.45, 2.75) is 4.90 Å². The summed E-state index contributed by atoms with van der Waals surface area (Å²) in [5, 5.41) is 0. The Bertz CT molecular complexity index is 960. The SMILES string of the molecule is Cn1cc(S(=O)(=O)N2CCOCC2)cc1C(=O)N1CCN(c2ccccc2)CC1. The molecule has 0 radical (unpaired) electrons. The Morgan fingerprint density at radius 2 is 1.62 bits per heavy atom. The highest BCUT2D eigenvalue weighted by Gasteiger charge is 2.30. The largest absolute Gasteiger partial charge is 0.379 e. The fourth-order valence-electron chi connectivity index (χ4n) is 3.79. The second kappa shape index (κ2) is 8.17. The zero-order valence-corrected chi connectivity index (χ0v) is 17.3. The third-order valence-electron chi connectivity index (χ3n) is 5.50. The number of rotatable bonds is 4. The van der Waals surface area contributed by atoms with Crippen molar-refractivity contribution < 1.29 is 17.9 Å². The average Bonchev–Trinajstić information content (AvgIpc) is 3.17. The Morgan fingerprint density at radius 3 is 2.28 bits per heavy atom. The number of piperazine rings is 1. The number of hydrogen-bond acceptors (Lipinski definition) is 5. The van der Waals surface area contributed by atoms with Crippen LogP contribution in [-0.4, -0.2) is 80.6 Å². The maximum absolute atomic E-state index is 13.0. The lowest BCUT2D eigenvalue weighted by atomic mass is 10.2. The molecule has 0 N–H and O–H groups in total. The minimum Gasteiger partial charge on any atom is -0.379 e. The van der Waals surface area contributed by atoms with Crippen molar-refractivity contribution in [1.29, 1.82) is 0 Å². The number of aromatic nitrogens is 1. The number of sulfonamides is 1. The van der Waals surface area contributed by atoms with Gasteiger partial charge in [-0.15, -0.1) is 0 Å². The van der Waals surface area contributed by atoms with E-state index in [-0.39, 0.29) is 10.8 Å². The number of anilines is 1. The zero-order valence-electron chi connectivity index (χ0n) is 16.5. The second-order valence-corrected chi connectivity index (χ2v) is 9.24. The fourth-order valence-corrected chi connectivity index (χ4v) is 5.27. The van der Waals surface area contributed by atoms with Crippen molar-refractivity contribution >= 4 is 21.6 Å². The number of morpholine rings is 1. The minimum absolute atomic E-state index is 0.136. The van der Waals surface area contributed by atoms with Crippen LogP contribution in [-0.2, 0) is 21.8 Å². The lowest BCUT2D eigenvalue weighted by molar-refractivity contribution is 0.0729. The summed E-state index contributed by atoms with van der Waals surface area (Å²) >= 11 is 0. The average molecular weight is 419 g/mol. The van der Waals surface area contributed by atoms with Gasteiger partial charge in [0.2, 0.25) is 10.0 Å². The molecule has 8 nitrogen and oxygen atoms in total. The van der Waals surface area contributed by atoms with Gasteiger partial charge in [-0.3, -0.25) is 4.79 Å². The number of carbonyl (C=O) groups excluding carboxylic acids is 1. The van der Waals surface area contributed by atoms with Crippen LogP contribution in [0.25, 0.3) is 0 Å². The van der Waals surface area contributed by atoms with E-state index in [0.717, 1.165) is 18.8 Å². The first-order chi connectivity index (χ1) is 14.0. The van der Waals surface area contributed by atoms with Gasteiger partial charge in [0.15, 0.2) is 0 Å². The molecule has 1 aromatic heterocycles. The Hall–Kier alpha value is -2.36. The van der Waals surface area contributed by atoms with Crippen LogP contribution in [0.5, 0.6) is 0 Å². The van der Waals surface area contributed by atoms with Gasteiger partial charge < -0.3 is 19.1 Å². The van der Waals surface area contributed by atoms with Crippen LogP contribution in [0.1, 0.15) is 10.5 Å². The molecule has 156 valence electrons. The van der Waals surface area contributed by atoms with Crippen LogP contribution >= 0.6 is 0 Å². The normalized spacial score (nSPS) is 18.8. The molecule has 0 aliphatic carbocycles. The maximum Gasteiger partial charge on any atom is 0.270 e. The second-order valence-electron chi connectivity index (χ2n) is 7.30. The maximum atomic E-state index is 13.0. The summed E-state index contributed by atoms with van der Waals surface area (Å²) in [6.45, 7) is 4.16. The van der Waals surface area contributed by atoms with E-state index in [2.05, 4.69) is 17.0 Å². The van der Waals surface area contributed by atoms with Crippen molar-refractivity contribution in [3.8, 4) is 0 Å². The number of carbonyl (C=O) groups is 1. The fraction of sp³-hybridized carbons (Fsp3) is 0.450. The predicted molar refractivity (Wildman–Crippen MR) is 110 cm³/mol. The van der Waals surface area contributed by atoms with Crippen LogP contribution in [0.4, 0.5) is 5.69 Å². The molecule has 0 saturated carbocycles. The van der Waals surface area contributed by atoms with Crippen LogP contribution in [0.15, 0.2) is 47.5 Å². The van der Waals surface area contributed by atoms with Gasteiger partial charge in [0, 0.05) is 58.2 Å². The molecule has 0 spiro atoms. The number of amides is 1. The number of nitrogens with zero attached hydrogens (tertiary/aromatic N) is 4. The van der Waals surface area contributed by atoms with E-state index in [4.69, 9.17) is 4.74 Å². The molecular formula is C20H26N4O4S. The van der Waals surface area contributed by atoms with E-state index in [9.17, 15) is 13.2 Å². The molecular weight excluding hydrogens is 392 g/mol. The first-order valence-electron chi connectivity index (χ1n) is 9.80. The van der Waals surface area contributed by atoms with Crippen LogP contribution in [0.3, 0.4) is 0 Å². The summed E-state index contributed by atoms with van der Waals surface area (Å²) in [5.74, 6) is -0.136. The molecule has 3 heterocycles. The molecule has 1 amide bonds. The highest BCUT2D eigenvalue weighted by molar-refractivity contribution is 7.89. The molecule has 0 bridgehead atoms. The van der Waals surface area contributed by atoms with E-state index in [1.807, 2.05) is 18.2 Å². The number of aryl methyl sites for hydroxylation is 1. The van der Waals surface area contributed by atoms with Crippen molar-refractivity contribution in [3.63, 3.8) is 0 Å². The van der Waals surface area contributed by atoms with Crippen LogP contribution in [0, 0.1) is 0 Å². The lowest BCUT2D eigenvalue weighted by Gasteiger charge is -2.36. The molecule has 2 saturated heterocycles. The third kappa shape index (κ3) is 4.03. The number of hydrogen-bond donors (Lipinski definition) is 0. The molecule has 2 aromatic rings. The molecule has 2 aliphatic rings. The molecule has 2 fully saturated rings. The molecule has 9 heteroatoms. The Kier molecular flexibility index (Phi) is 5.62. The van der Waals surface area contributed by atoms with Gasteiger partial charge in [-0.25, -0.2) is 8.42 Å². The van der Waals surface area contributed by atoms with Gasteiger partial charge >= 0.3 is 0 Å². The van der Waals surface area contributed by atoms with Gasteiger partial charge in [0.1, 0.15) is 10.6 Å². The summed E-state index contributed by atoms with van der Waals surface area (Å²) in [7, 11) is -1.91. The molecule has 2 aliphatic heterocycles. The first-order valence-corrected chi connectivity index (χ1v) is 11.2. The van der Waals surface area contributed by atoms with Gasteiger partial charge in [-0.1, -0.05) is 18.2 Å². The van der Waals surface area contributed by atoms with E-state index >= 15 is 0 Å². The highest BCUT2D eigenvalue weighted by Crippen LogP contribution is 2.22. The van der Waals surface area contributed by atoms with Gasteiger partial charge in [-0.2, -0.15) is 4.31 Å². The van der Waals surface area contributed by atoms with Crippen molar-refractivity contribution in [3.05, 3.63) is 48.3 Å². The monoisotopic (exact) mass is 418 g/mol. The summed E-state index contributed by atoms with van der Waals surface area (Å²) in [6.07, 6.45) is 1.53. The molecule has 0 unspecified atom stereocenters.